The van der Waals surface area contributed by atoms with Crippen LogP contribution in [0.25, 0.3) is 0 Å². The van der Waals surface area contributed by atoms with Crippen molar-refractivity contribution in [2.75, 3.05) is 17.7 Å². The van der Waals surface area contributed by atoms with Crippen LogP contribution in [0.15, 0.2) is 48.8 Å². The number of nitrogens with one attached hydrogen (secondary N) is 3. The van der Waals surface area contributed by atoms with E-state index >= 15 is 0 Å². The molecule has 8 heteroatoms. The minimum absolute atomic E-state index is 0.296. The third kappa shape index (κ3) is 2.77. The van der Waals surface area contributed by atoms with Gasteiger partial charge in [-0.3, -0.25) is 4.79 Å². The van der Waals surface area contributed by atoms with E-state index < -0.39 is 5.82 Å². The largest absolute Gasteiger partial charge is 0.449 e. The second-order valence-corrected chi connectivity index (χ2v) is 5.51. The Morgan fingerprint density at radius 3 is 2.77 bits per heavy atom. The number of benzene rings is 1. The van der Waals surface area contributed by atoms with Crippen molar-refractivity contribution in [3.63, 3.8) is 0 Å². The lowest BCUT2D eigenvalue weighted by Crippen LogP contribution is -2.21. The number of aromatic nitrogens is 2. The first-order valence-corrected chi connectivity index (χ1v) is 7.83. The molecule has 0 saturated carbocycles. The number of amides is 1. The standard InChI is InChI=1S/C18H14FN5O2/c1-20-18(25)11-9-22-17(24-14-7-6-10(19)8-21-14)16-15(11)23-12-4-2-3-5-13(12)26-16/h2-9,23H,1H3,(H,20,25)(H,21,22,24). The number of hydrogen-bond donors (Lipinski definition) is 3. The summed E-state index contributed by atoms with van der Waals surface area (Å²) in [4.78, 5) is 20.4. The highest BCUT2D eigenvalue weighted by Crippen LogP contribution is 2.47. The molecule has 0 atom stereocenters. The van der Waals surface area contributed by atoms with Gasteiger partial charge in [0.2, 0.25) is 0 Å². The van der Waals surface area contributed by atoms with Crippen molar-refractivity contribution in [2.24, 2.45) is 0 Å². The third-order valence-corrected chi connectivity index (χ3v) is 3.84. The Morgan fingerprint density at radius 1 is 1.15 bits per heavy atom. The summed E-state index contributed by atoms with van der Waals surface area (Å²) in [5.74, 6) is 0.981. The van der Waals surface area contributed by atoms with Crippen molar-refractivity contribution < 1.29 is 13.9 Å². The Hall–Kier alpha value is -3.68. The van der Waals surface area contributed by atoms with Gasteiger partial charge < -0.3 is 20.7 Å². The minimum atomic E-state index is -0.438. The Morgan fingerprint density at radius 2 is 2.00 bits per heavy atom. The molecule has 3 aromatic rings. The lowest BCUT2D eigenvalue weighted by atomic mass is 10.1. The molecule has 1 amide bonds. The van der Waals surface area contributed by atoms with Gasteiger partial charge in [0, 0.05) is 13.2 Å². The molecule has 0 fully saturated rings. The maximum atomic E-state index is 13.1. The average Bonchev–Trinajstić information content (AvgIpc) is 2.68. The van der Waals surface area contributed by atoms with Gasteiger partial charge in [-0.15, -0.1) is 0 Å². The van der Waals surface area contributed by atoms with Crippen LogP contribution in [0.3, 0.4) is 0 Å². The Kier molecular flexibility index (Phi) is 3.85. The predicted molar refractivity (Wildman–Crippen MR) is 94.9 cm³/mol. The van der Waals surface area contributed by atoms with Crippen LogP contribution in [0.1, 0.15) is 10.4 Å². The number of carbonyl (C=O) groups is 1. The van der Waals surface area contributed by atoms with E-state index in [4.69, 9.17) is 4.74 Å². The quantitative estimate of drug-likeness (QED) is 0.523. The van der Waals surface area contributed by atoms with Crippen LogP contribution in [0.2, 0.25) is 0 Å². The molecule has 4 rings (SSSR count). The zero-order chi connectivity index (χ0) is 18.1. The zero-order valence-corrected chi connectivity index (χ0v) is 13.7. The first kappa shape index (κ1) is 15.8. The van der Waals surface area contributed by atoms with Gasteiger partial charge in [0.1, 0.15) is 17.3 Å². The number of carbonyl (C=O) groups excluding carboxylic acids is 1. The summed E-state index contributed by atoms with van der Waals surface area (Å²) in [5, 5.41) is 8.78. The summed E-state index contributed by atoms with van der Waals surface area (Å²) in [6, 6.07) is 10.1. The summed E-state index contributed by atoms with van der Waals surface area (Å²) < 4.78 is 19.0. The van der Waals surface area contributed by atoms with E-state index in [9.17, 15) is 9.18 Å². The SMILES string of the molecule is CNC(=O)c1cnc(Nc2ccc(F)cn2)c2c1Nc1ccccc1O2. The molecule has 0 bridgehead atoms. The molecule has 0 radical (unpaired) electrons. The smallest absolute Gasteiger partial charge is 0.254 e. The highest BCUT2D eigenvalue weighted by Gasteiger charge is 2.26. The summed E-state index contributed by atoms with van der Waals surface area (Å²) in [5.41, 5.74) is 1.57. The second kappa shape index (κ2) is 6.32. The molecule has 3 heterocycles. The fraction of sp³-hybridized carbons (Fsp3) is 0.0556. The van der Waals surface area contributed by atoms with Gasteiger partial charge in [-0.2, -0.15) is 0 Å². The van der Waals surface area contributed by atoms with E-state index in [1.807, 2.05) is 18.2 Å². The monoisotopic (exact) mass is 351 g/mol. The number of hydrogen-bond acceptors (Lipinski definition) is 6. The molecular weight excluding hydrogens is 337 g/mol. The highest BCUT2D eigenvalue weighted by molar-refractivity contribution is 6.03. The number of ether oxygens (including phenoxy) is 1. The number of fused-ring (bicyclic) bond motifs is 2. The lowest BCUT2D eigenvalue weighted by molar-refractivity contribution is 0.0963. The number of para-hydroxylation sites is 2. The van der Waals surface area contributed by atoms with Gasteiger partial charge in [-0.25, -0.2) is 14.4 Å². The van der Waals surface area contributed by atoms with Crippen LogP contribution in [0.5, 0.6) is 11.5 Å². The van der Waals surface area contributed by atoms with Gasteiger partial charge >= 0.3 is 0 Å². The van der Waals surface area contributed by atoms with Crippen LogP contribution < -0.4 is 20.7 Å². The van der Waals surface area contributed by atoms with E-state index in [2.05, 4.69) is 25.9 Å². The van der Waals surface area contributed by atoms with Crippen molar-refractivity contribution in [2.45, 2.75) is 0 Å². The third-order valence-electron chi connectivity index (χ3n) is 3.84. The molecule has 130 valence electrons. The number of nitrogens with zero attached hydrogens (tertiary/aromatic N) is 2. The van der Waals surface area contributed by atoms with Crippen LogP contribution in [-0.4, -0.2) is 22.9 Å². The maximum Gasteiger partial charge on any atom is 0.254 e. The molecular formula is C18H14FN5O2. The number of pyridine rings is 2. The summed E-state index contributed by atoms with van der Waals surface area (Å²) >= 11 is 0. The molecule has 1 aliphatic rings. The molecule has 26 heavy (non-hydrogen) atoms. The van der Waals surface area contributed by atoms with Crippen LogP contribution in [-0.2, 0) is 0 Å². The average molecular weight is 351 g/mol. The maximum absolute atomic E-state index is 13.1. The lowest BCUT2D eigenvalue weighted by Gasteiger charge is -2.25. The zero-order valence-electron chi connectivity index (χ0n) is 13.7. The van der Waals surface area contributed by atoms with Gasteiger partial charge in [-0.1, -0.05) is 12.1 Å². The molecule has 1 aromatic carbocycles. The number of halogens is 1. The second-order valence-electron chi connectivity index (χ2n) is 5.51. The fourth-order valence-electron chi connectivity index (χ4n) is 2.59. The minimum Gasteiger partial charge on any atom is -0.449 e. The molecule has 0 aliphatic carbocycles. The van der Waals surface area contributed by atoms with Gasteiger partial charge in [-0.05, 0) is 24.3 Å². The van der Waals surface area contributed by atoms with Gasteiger partial charge in [0.05, 0.1) is 17.4 Å². The van der Waals surface area contributed by atoms with E-state index in [0.29, 0.717) is 34.4 Å². The van der Waals surface area contributed by atoms with Crippen LogP contribution >= 0.6 is 0 Å². The van der Waals surface area contributed by atoms with Crippen molar-refractivity contribution in [1.82, 2.24) is 15.3 Å². The molecule has 7 nitrogen and oxygen atoms in total. The Balaban J connectivity index is 1.79. The first-order chi connectivity index (χ1) is 12.7. The van der Waals surface area contributed by atoms with Crippen molar-refractivity contribution in [3.8, 4) is 11.5 Å². The fourth-order valence-corrected chi connectivity index (χ4v) is 2.59. The van der Waals surface area contributed by atoms with Crippen molar-refractivity contribution >= 4 is 28.9 Å². The van der Waals surface area contributed by atoms with E-state index in [0.717, 1.165) is 11.9 Å². The van der Waals surface area contributed by atoms with Crippen LogP contribution in [0.4, 0.5) is 27.4 Å². The van der Waals surface area contributed by atoms with E-state index in [-0.39, 0.29) is 5.91 Å². The van der Waals surface area contributed by atoms with E-state index in [1.165, 1.54) is 18.3 Å². The molecule has 0 spiro atoms. The topological polar surface area (TPSA) is 88.2 Å². The van der Waals surface area contributed by atoms with Gasteiger partial charge in [0.15, 0.2) is 17.3 Å². The molecule has 0 unspecified atom stereocenters. The Bertz CT molecular complexity index is 991. The predicted octanol–water partition coefficient (Wildman–Crippen LogP) is 3.57. The normalized spacial score (nSPS) is 11.5. The number of anilines is 4. The molecule has 3 N–H and O–H groups in total. The molecule has 2 aromatic heterocycles. The first-order valence-electron chi connectivity index (χ1n) is 7.83. The summed E-state index contributed by atoms with van der Waals surface area (Å²) in [6.45, 7) is 0. The molecule has 0 saturated heterocycles. The van der Waals surface area contributed by atoms with Gasteiger partial charge in [0.25, 0.3) is 5.91 Å². The molecule has 1 aliphatic heterocycles. The van der Waals surface area contributed by atoms with Crippen LogP contribution in [0, 0.1) is 5.82 Å². The van der Waals surface area contributed by atoms with E-state index in [1.54, 1.807) is 13.1 Å². The summed E-state index contributed by atoms with van der Waals surface area (Å²) in [7, 11) is 1.54. The van der Waals surface area contributed by atoms with Crippen molar-refractivity contribution in [1.29, 1.82) is 0 Å². The number of rotatable bonds is 3. The Labute approximate surface area is 148 Å². The highest BCUT2D eigenvalue weighted by atomic mass is 19.1. The summed E-state index contributed by atoms with van der Waals surface area (Å²) in [6.07, 6.45) is 2.54. The van der Waals surface area contributed by atoms with Crippen molar-refractivity contribution in [3.05, 3.63) is 60.2 Å².